The third kappa shape index (κ3) is 3.47. The van der Waals surface area contributed by atoms with Crippen LogP contribution in [0.5, 0.6) is 0 Å². The molecule has 0 heterocycles. The number of nitrogens with two attached hydrogens (primary N) is 1. The van der Waals surface area contributed by atoms with Crippen molar-refractivity contribution in [3.05, 3.63) is 23.8 Å². The SMILES string of the molecule is CC(C)CC(C)Nc1ccc(N)cc1C#N. The molecular formula is C13H19N3. The van der Waals surface area contributed by atoms with Gasteiger partial charge < -0.3 is 11.1 Å². The van der Waals surface area contributed by atoms with E-state index in [0.717, 1.165) is 12.1 Å². The zero-order chi connectivity index (χ0) is 12.1. The first-order valence-corrected chi connectivity index (χ1v) is 5.59. The van der Waals surface area contributed by atoms with Gasteiger partial charge in [0.25, 0.3) is 0 Å². The highest BCUT2D eigenvalue weighted by Gasteiger charge is 2.08. The predicted molar refractivity (Wildman–Crippen MR) is 68.1 cm³/mol. The summed E-state index contributed by atoms with van der Waals surface area (Å²) >= 11 is 0. The van der Waals surface area contributed by atoms with Gasteiger partial charge in [-0.2, -0.15) is 5.26 Å². The monoisotopic (exact) mass is 217 g/mol. The molecule has 0 spiro atoms. The molecule has 0 aliphatic rings. The first-order valence-electron chi connectivity index (χ1n) is 5.59. The molecule has 0 aromatic heterocycles. The van der Waals surface area contributed by atoms with Gasteiger partial charge >= 0.3 is 0 Å². The fourth-order valence-corrected chi connectivity index (χ4v) is 1.81. The van der Waals surface area contributed by atoms with Crippen LogP contribution in [-0.2, 0) is 0 Å². The number of nitrogens with zero attached hydrogens (tertiary/aromatic N) is 1. The van der Waals surface area contributed by atoms with Crippen molar-refractivity contribution >= 4 is 11.4 Å². The van der Waals surface area contributed by atoms with Crippen LogP contribution in [-0.4, -0.2) is 6.04 Å². The number of nitrogens with one attached hydrogen (secondary N) is 1. The molecule has 3 N–H and O–H groups in total. The van der Waals surface area contributed by atoms with Gasteiger partial charge in [0.1, 0.15) is 6.07 Å². The number of anilines is 2. The molecule has 0 aliphatic heterocycles. The lowest BCUT2D eigenvalue weighted by Crippen LogP contribution is -2.18. The van der Waals surface area contributed by atoms with Gasteiger partial charge in [0.15, 0.2) is 0 Å². The molecule has 0 saturated carbocycles. The van der Waals surface area contributed by atoms with E-state index >= 15 is 0 Å². The maximum absolute atomic E-state index is 8.99. The van der Waals surface area contributed by atoms with Crippen molar-refractivity contribution in [1.82, 2.24) is 0 Å². The normalized spacial score (nSPS) is 12.2. The molecule has 0 bridgehead atoms. The standard InChI is InChI=1S/C13H19N3/c1-9(2)6-10(3)16-13-5-4-12(15)7-11(13)8-14/h4-5,7,9-10,16H,6,15H2,1-3H3. The minimum atomic E-state index is 0.357. The van der Waals surface area contributed by atoms with E-state index in [1.54, 1.807) is 6.07 Å². The zero-order valence-electron chi connectivity index (χ0n) is 10.1. The molecule has 86 valence electrons. The van der Waals surface area contributed by atoms with Gasteiger partial charge in [-0.25, -0.2) is 0 Å². The van der Waals surface area contributed by atoms with Gasteiger partial charge in [0.05, 0.1) is 11.3 Å². The van der Waals surface area contributed by atoms with E-state index < -0.39 is 0 Å². The van der Waals surface area contributed by atoms with Gasteiger partial charge in [0.2, 0.25) is 0 Å². The largest absolute Gasteiger partial charge is 0.399 e. The van der Waals surface area contributed by atoms with Crippen molar-refractivity contribution in [2.24, 2.45) is 5.92 Å². The Labute approximate surface area is 97.3 Å². The molecule has 0 saturated heterocycles. The molecule has 0 fully saturated rings. The molecule has 1 aromatic carbocycles. The van der Waals surface area contributed by atoms with Crippen molar-refractivity contribution in [3.63, 3.8) is 0 Å². The third-order valence-electron chi connectivity index (χ3n) is 2.39. The number of hydrogen-bond donors (Lipinski definition) is 2. The van der Waals surface area contributed by atoms with E-state index in [2.05, 4.69) is 32.2 Å². The number of rotatable bonds is 4. The molecule has 0 amide bonds. The molecule has 16 heavy (non-hydrogen) atoms. The van der Waals surface area contributed by atoms with Crippen LogP contribution in [0.25, 0.3) is 0 Å². The molecule has 1 unspecified atom stereocenters. The first kappa shape index (κ1) is 12.4. The summed E-state index contributed by atoms with van der Waals surface area (Å²) in [6.07, 6.45) is 1.08. The smallest absolute Gasteiger partial charge is 0.101 e. The van der Waals surface area contributed by atoms with E-state index in [1.807, 2.05) is 12.1 Å². The van der Waals surface area contributed by atoms with Crippen LogP contribution in [0.3, 0.4) is 0 Å². The van der Waals surface area contributed by atoms with Gasteiger partial charge in [-0.1, -0.05) is 13.8 Å². The topological polar surface area (TPSA) is 61.8 Å². The molecule has 3 nitrogen and oxygen atoms in total. The summed E-state index contributed by atoms with van der Waals surface area (Å²) < 4.78 is 0. The number of nitrogen functional groups attached to an aromatic ring is 1. The highest BCUT2D eigenvalue weighted by molar-refractivity contribution is 5.63. The van der Waals surface area contributed by atoms with Crippen LogP contribution in [0, 0.1) is 17.2 Å². The quantitative estimate of drug-likeness (QED) is 0.762. The second-order valence-corrected chi connectivity index (χ2v) is 4.59. The molecule has 1 aromatic rings. The van der Waals surface area contributed by atoms with E-state index in [9.17, 15) is 0 Å². The minimum Gasteiger partial charge on any atom is -0.399 e. The summed E-state index contributed by atoms with van der Waals surface area (Å²) in [4.78, 5) is 0. The highest BCUT2D eigenvalue weighted by Crippen LogP contribution is 2.20. The number of benzene rings is 1. The number of hydrogen-bond acceptors (Lipinski definition) is 3. The van der Waals surface area contributed by atoms with E-state index in [0.29, 0.717) is 23.2 Å². The summed E-state index contributed by atoms with van der Waals surface area (Å²) in [6.45, 7) is 6.50. The predicted octanol–water partition coefficient (Wildman–Crippen LogP) is 2.99. The van der Waals surface area contributed by atoms with Gasteiger partial charge in [-0.15, -0.1) is 0 Å². The van der Waals surface area contributed by atoms with Crippen LogP contribution in [0.1, 0.15) is 32.8 Å². The summed E-state index contributed by atoms with van der Waals surface area (Å²) in [7, 11) is 0. The Morgan fingerprint density at radius 1 is 1.38 bits per heavy atom. The van der Waals surface area contributed by atoms with Crippen LogP contribution in [0.2, 0.25) is 0 Å². The minimum absolute atomic E-state index is 0.357. The second-order valence-electron chi connectivity index (χ2n) is 4.59. The lowest BCUT2D eigenvalue weighted by molar-refractivity contribution is 0.540. The van der Waals surface area contributed by atoms with Gasteiger partial charge in [-0.05, 0) is 37.5 Å². The summed E-state index contributed by atoms with van der Waals surface area (Å²) in [5.41, 5.74) is 7.73. The average molecular weight is 217 g/mol. The van der Waals surface area contributed by atoms with Crippen LogP contribution in [0.4, 0.5) is 11.4 Å². The Morgan fingerprint density at radius 2 is 2.06 bits per heavy atom. The van der Waals surface area contributed by atoms with E-state index in [-0.39, 0.29) is 0 Å². The van der Waals surface area contributed by atoms with Crippen molar-refractivity contribution in [3.8, 4) is 6.07 Å². The first-order chi connectivity index (χ1) is 7.52. The fraction of sp³-hybridized carbons (Fsp3) is 0.462. The highest BCUT2D eigenvalue weighted by atomic mass is 14.9. The molecule has 0 aliphatic carbocycles. The molecule has 1 atom stereocenters. The average Bonchev–Trinajstić information content (AvgIpc) is 2.19. The van der Waals surface area contributed by atoms with Crippen LogP contribution < -0.4 is 11.1 Å². The van der Waals surface area contributed by atoms with Crippen molar-refractivity contribution < 1.29 is 0 Å². The maximum Gasteiger partial charge on any atom is 0.101 e. The lowest BCUT2D eigenvalue weighted by Gasteiger charge is -2.18. The summed E-state index contributed by atoms with van der Waals surface area (Å²) in [6, 6.07) is 7.89. The summed E-state index contributed by atoms with van der Waals surface area (Å²) in [5, 5.41) is 12.3. The Balaban J connectivity index is 2.77. The molecule has 3 heteroatoms. The maximum atomic E-state index is 8.99. The molecule has 0 radical (unpaired) electrons. The van der Waals surface area contributed by atoms with E-state index in [4.69, 9.17) is 11.0 Å². The van der Waals surface area contributed by atoms with Crippen molar-refractivity contribution in [2.75, 3.05) is 11.1 Å². The van der Waals surface area contributed by atoms with Gasteiger partial charge in [0, 0.05) is 11.7 Å². The van der Waals surface area contributed by atoms with Crippen molar-refractivity contribution in [1.29, 1.82) is 5.26 Å². The Hall–Kier alpha value is -1.69. The Morgan fingerprint density at radius 3 is 2.62 bits per heavy atom. The van der Waals surface area contributed by atoms with Gasteiger partial charge in [-0.3, -0.25) is 0 Å². The Kier molecular flexibility index (Phi) is 4.19. The van der Waals surface area contributed by atoms with Crippen molar-refractivity contribution in [2.45, 2.75) is 33.2 Å². The molecule has 1 rings (SSSR count). The van der Waals surface area contributed by atoms with E-state index in [1.165, 1.54) is 0 Å². The second kappa shape index (κ2) is 5.41. The molecular weight excluding hydrogens is 198 g/mol. The summed E-state index contributed by atoms with van der Waals surface area (Å²) in [5.74, 6) is 0.641. The zero-order valence-corrected chi connectivity index (χ0v) is 10.1. The third-order valence-corrected chi connectivity index (χ3v) is 2.39. The number of nitriles is 1. The fourth-order valence-electron chi connectivity index (χ4n) is 1.81. The lowest BCUT2D eigenvalue weighted by atomic mass is 10.0. The van der Waals surface area contributed by atoms with Crippen LogP contribution >= 0.6 is 0 Å². The Bertz CT molecular complexity index is 391. The van der Waals surface area contributed by atoms with Crippen LogP contribution in [0.15, 0.2) is 18.2 Å².